The van der Waals surface area contributed by atoms with Gasteiger partial charge in [-0.15, -0.1) is 0 Å². The fraction of sp³-hybridized carbons (Fsp3) is 0.375. The summed E-state index contributed by atoms with van der Waals surface area (Å²) in [6.07, 6.45) is 3.65. The molecular formula is C24H28N2O3. The SMILES string of the molecule is CC(C)CC(=O)C1=C(O)C(=O)N(Cc2cccnc2)C1c1ccc(C(C)C)cc1. The number of nitrogens with zero attached hydrogens (tertiary/aromatic N) is 2. The molecule has 1 aromatic heterocycles. The van der Waals surface area contributed by atoms with Crippen molar-refractivity contribution >= 4 is 11.7 Å². The summed E-state index contributed by atoms with van der Waals surface area (Å²) in [6.45, 7) is 8.41. The zero-order valence-electron chi connectivity index (χ0n) is 17.4. The molecular weight excluding hydrogens is 364 g/mol. The van der Waals surface area contributed by atoms with Gasteiger partial charge in [0.25, 0.3) is 5.91 Å². The van der Waals surface area contributed by atoms with Crippen molar-refractivity contribution in [2.45, 2.75) is 52.6 Å². The van der Waals surface area contributed by atoms with Crippen molar-refractivity contribution in [3.05, 3.63) is 76.8 Å². The topological polar surface area (TPSA) is 70.5 Å². The molecule has 3 rings (SSSR count). The fourth-order valence-corrected chi connectivity index (χ4v) is 3.68. The molecule has 0 spiro atoms. The van der Waals surface area contributed by atoms with E-state index >= 15 is 0 Å². The summed E-state index contributed by atoms with van der Waals surface area (Å²) in [7, 11) is 0. The molecule has 0 aliphatic carbocycles. The van der Waals surface area contributed by atoms with Gasteiger partial charge in [0.05, 0.1) is 11.6 Å². The smallest absolute Gasteiger partial charge is 0.290 e. The Morgan fingerprint density at radius 3 is 2.38 bits per heavy atom. The van der Waals surface area contributed by atoms with Crippen molar-refractivity contribution < 1.29 is 14.7 Å². The van der Waals surface area contributed by atoms with E-state index in [1.54, 1.807) is 23.4 Å². The van der Waals surface area contributed by atoms with Gasteiger partial charge in [0.15, 0.2) is 11.5 Å². The minimum absolute atomic E-state index is 0.134. The number of hydrogen-bond donors (Lipinski definition) is 1. The molecule has 1 N–H and O–H groups in total. The fourth-order valence-electron chi connectivity index (χ4n) is 3.68. The van der Waals surface area contributed by atoms with Crippen molar-refractivity contribution in [3.63, 3.8) is 0 Å². The number of aromatic nitrogens is 1. The summed E-state index contributed by atoms with van der Waals surface area (Å²) in [5.74, 6) is -0.616. The third-order valence-electron chi connectivity index (χ3n) is 5.19. The molecule has 1 aliphatic rings. The number of hydrogen-bond acceptors (Lipinski definition) is 4. The van der Waals surface area contributed by atoms with Crippen LogP contribution in [0.2, 0.25) is 0 Å². The van der Waals surface area contributed by atoms with Gasteiger partial charge < -0.3 is 10.0 Å². The summed E-state index contributed by atoms with van der Waals surface area (Å²) in [5, 5.41) is 10.6. The van der Waals surface area contributed by atoms with E-state index in [0.717, 1.165) is 11.1 Å². The highest BCUT2D eigenvalue weighted by atomic mass is 16.3. The summed E-state index contributed by atoms with van der Waals surface area (Å²) in [5.41, 5.74) is 3.04. The standard InChI is InChI=1S/C24H28N2O3/c1-15(2)12-20(27)21-22(19-9-7-18(8-10-19)16(3)4)26(24(29)23(21)28)14-17-6-5-11-25-13-17/h5-11,13,15-16,22,28H,12,14H2,1-4H3. The van der Waals surface area contributed by atoms with Crippen molar-refractivity contribution in [2.75, 3.05) is 0 Å². The van der Waals surface area contributed by atoms with Gasteiger partial charge in [-0.05, 0) is 34.6 Å². The molecule has 1 amide bonds. The number of pyridine rings is 1. The van der Waals surface area contributed by atoms with Crippen LogP contribution in [0.4, 0.5) is 0 Å². The first-order valence-electron chi connectivity index (χ1n) is 10.1. The number of rotatable bonds is 7. The number of benzene rings is 1. The van der Waals surface area contributed by atoms with Crippen LogP contribution in [0.1, 0.15) is 62.8 Å². The highest BCUT2D eigenvalue weighted by molar-refractivity contribution is 6.09. The average Bonchev–Trinajstić information content (AvgIpc) is 2.93. The van der Waals surface area contributed by atoms with Gasteiger partial charge in [-0.1, -0.05) is 58.0 Å². The first-order valence-corrected chi connectivity index (χ1v) is 10.1. The minimum atomic E-state index is -0.602. The Hall–Kier alpha value is -2.95. The summed E-state index contributed by atoms with van der Waals surface area (Å²) < 4.78 is 0. The maximum atomic E-state index is 13.0. The second kappa shape index (κ2) is 8.60. The van der Waals surface area contributed by atoms with Crippen LogP contribution in [-0.2, 0) is 16.1 Å². The molecule has 5 nitrogen and oxygen atoms in total. The normalized spacial score (nSPS) is 17.0. The summed E-state index contributed by atoms with van der Waals surface area (Å²) in [6, 6.07) is 11.0. The van der Waals surface area contributed by atoms with Gasteiger partial charge in [0.2, 0.25) is 0 Å². The van der Waals surface area contributed by atoms with Crippen LogP contribution < -0.4 is 0 Å². The molecule has 2 aromatic rings. The van der Waals surface area contributed by atoms with E-state index in [1.807, 2.05) is 44.2 Å². The zero-order chi connectivity index (χ0) is 21.1. The number of Topliss-reactive ketones (excluding diaryl/α,β-unsaturated/α-hetero) is 1. The molecule has 1 atom stereocenters. The van der Waals surface area contributed by atoms with Gasteiger partial charge in [-0.3, -0.25) is 14.6 Å². The second-order valence-corrected chi connectivity index (χ2v) is 8.30. The molecule has 1 unspecified atom stereocenters. The Balaban J connectivity index is 2.03. The van der Waals surface area contributed by atoms with Gasteiger partial charge >= 0.3 is 0 Å². The van der Waals surface area contributed by atoms with E-state index < -0.39 is 17.7 Å². The zero-order valence-corrected chi connectivity index (χ0v) is 17.4. The van der Waals surface area contributed by atoms with Crippen molar-refractivity contribution in [2.24, 2.45) is 5.92 Å². The van der Waals surface area contributed by atoms with Crippen LogP contribution >= 0.6 is 0 Å². The first kappa shape index (κ1) is 20.8. The lowest BCUT2D eigenvalue weighted by atomic mass is 9.91. The van der Waals surface area contributed by atoms with E-state index in [4.69, 9.17) is 0 Å². The lowest BCUT2D eigenvalue weighted by molar-refractivity contribution is -0.130. The third kappa shape index (κ3) is 4.39. The molecule has 1 aromatic carbocycles. The van der Waals surface area contributed by atoms with E-state index in [0.29, 0.717) is 5.92 Å². The van der Waals surface area contributed by atoms with Crippen LogP contribution in [0.15, 0.2) is 60.1 Å². The molecule has 1 aliphatic heterocycles. The Morgan fingerprint density at radius 1 is 1.14 bits per heavy atom. The average molecular weight is 392 g/mol. The molecule has 29 heavy (non-hydrogen) atoms. The predicted molar refractivity (Wildman–Crippen MR) is 112 cm³/mol. The quantitative estimate of drug-likeness (QED) is 0.740. The molecule has 0 saturated carbocycles. The Kier molecular flexibility index (Phi) is 6.16. The maximum absolute atomic E-state index is 13.0. The molecule has 5 heteroatoms. The Labute approximate surface area is 172 Å². The monoisotopic (exact) mass is 392 g/mol. The van der Waals surface area contributed by atoms with Gasteiger partial charge in [0, 0.05) is 25.4 Å². The van der Waals surface area contributed by atoms with Crippen LogP contribution in [0.25, 0.3) is 0 Å². The molecule has 0 fully saturated rings. The second-order valence-electron chi connectivity index (χ2n) is 8.30. The molecule has 0 bridgehead atoms. The highest BCUT2D eigenvalue weighted by Crippen LogP contribution is 2.39. The summed E-state index contributed by atoms with van der Waals surface area (Å²) in [4.78, 5) is 31.5. The number of carbonyl (C=O) groups is 2. The molecule has 2 heterocycles. The van der Waals surface area contributed by atoms with E-state index in [1.165, 1.54) is 5.56 Å². The van der Waals surface area contributed by atoms with E-state index in [9.17, 15) is 14.7 Å². The Bertz CT molecular complexity index is 915. The number of carbonyl (C=O) groups excluding carboxylic acids is 2. The first-order chi connectivity index (χ1) is 13.8. The molecule has 152 valence electrons. The minimum Gasteiger partial charge on any atom is -0.503 e. The molecule has 0 saturated heterocycles. The van der Waals surface area contributed by atoms with E-state index in [-0.39, 0.29) is 30.2 Å². The van der Waals surface area contributed by atoms with Crippen molar-refractivity contribution in [1.82, 2.24) is 9.88 Å². The number of aliphatic hydroxyl groups is 1. The number of aliphatic hydroxyl groups excluding tert-OH is 1. The predicted octanol–water partition coefficient (Wildman–Crippen LogP) is 4.72. The lowest BCUT2D eigenvalue weighted by Crippen LogP contribution is -2.30. The highest BCUT2D eigenvalue weighted by Gasteiger charge is 2.43. The van der Waals surface area contributed by atoms with Crippen LogP contribution in [0, 0.1) is 5.92 Å². The molecule has 0 radical (unpaired) electrons. The van der Waals surface area contributed by atoms with Crippen molar-refractivity contribution in [3.8, 4) is 0 Å². The van der Waals surface area contributed by atoms with Crippen molar-refractivity contribution in [1.29, 1.82) is 0 Å². The largest absolute Gasteiger partial charge is 0.503 e. The maximum Gasteiger partial charge on any atom is 0.290 e. The Morgan fingerprint density at radius 2 is 1.83 bits per heavy atom. The van der Waals surface area contributed by atoms with Gasteiger partial charge in [-0.25, -0.2) is 0 Å². The van der Waals surface area contributed by atoms with Gasteiger partial charge in [-0.2, -0.15) is 0 Å². The number of amides is 1. The van der Waals surface area contributed by atoms with Crippen LogP contribution in [0.5, 0.6) is 0 Å². The third-order valence-corrected chi connectivity index (χ3v) is 5.19. The summed E-state index contributed by atoms with van der Waals surface area (Å²) >= 11 is 0. The van der Waals surface area contributed by atoms with E-state index in [2.05, 4.69) is 18.8 Å². The van der Waals surface area contributed by atoms with Crippen LogP contribution in [-0.4, -0.2) is 26.7 Å². The van der Waals surface area contributed by atoms with Crippen LogP contribution in [0.3, 0.4) is 0 Å². The number of ketones is 1. The lowest BCUT2D eigenvalue weighted by Gasteiger charge is -2.27. The van der Waals surface area contributed by atoms with Gasteiger partial charge in [0.1, 0.15) is 0 Å².